The van der Waals surface area contributed by atoms with Gasteiger partial charge in [0.15, 0.2) is 34.5 Å². The first-order valence-corrected chi connectivity index (χ1v) is 15.3. The number of nitrogens with zero attached hydrogens (tertiary/aromatic N) is 1. The van der Waals surface area contributed by atoms with Gasteiger partial charge in [-0.2, -0.15) is 0 Å². The fourth-order valence-electron chi connectivity index (χ4n) is 7.37. The highest BCUT2D eigenvalue weighted by molar-refractivity contribution is 6.37. The minimum atomic E-state index is -1.04. The number of phenols is 9. The van der Waals surface area contributed by atoms with Gasteiger partial charge in [-0.1, -0.05) is 54.6 Å². The highest BCUT2D eigenvalue weighted by Gasteiger charge is 2.42. The summed E-state index contributed by atoms with van der Waals surface area (Å²) in [6, 6.07) is 14.2. The second kappa shape index (κ2) is 10.5. The van der Waals surface area contributed by atoms with Crippen LogP contribution in [0.5, 0.6) is 51.7 Å². The fourth-order valence-corrected chi connectivity index (χ4v) is 7.37. The normalized spacial score (nSPS) is 16.8. The highest BCUT2D eigenvalue weighted by Crippen LogP contribution is 2.59. The molecule has 2 heterocycles. The van der Waals surface area contributed by atoms with Gasteiger partial charge in [0.1, 0.15) is 13.5 Å². The molecule has 0 amide bonds. The topological polar surface area (TPSA) is 197 Å². The molecule has 11 nitrogen and oxygen atoms in total. The Morgan fingerprint density at radius 1 is 0.612 bits per heavy atom. The van der Waals surface area contributed by atoms with Gasteiger partial charge in [-0.25, -0.2) is 0 Å². The molecule has 5 aromatic carbocycles. The summed E-state index contributed by atoms with van der Waals surface area (Å²) in [6.07, 6.45) is 7.82. The Morgan fingerprint density at radius 3 is 1.67 bits per heavy atom. The summed E-state index contributed by atoms with van der Waals surface area (Å²) in [5.74, 6) is -7.43. The predicted octanol–water partition coefficient (Wildman–Crippen LogP) is 4.78. The minimum Gasteiger partial charge on any atom is -0.505 e. The molecule has 2 aliphatic heterocycles. The van der Waals surface area contributed by atoms with E-state index in [1.165, 1.54) is 0 Å². The van der Waals surface area contributed by atoms with Gasteiger partial charge in [-0.05, 0) is 68.5 Å². The van der Waals surface area contributed by atoms with E-state index in [4.69, 9.17) is 7.85 Å². The van der Waals surface area contributed by atoms with Gasteiger partial charge in [0.25, 0.3) is 0 Å². The first-order chi connectivity index (χ1) is 23.5. The number of hydrogen-bond acceptors (Lipinski definition) is 11. The molecular weight excluding hydrogens is 627 g/mol. The van der Waals surface area contributed by atoms with Crippen LogP contribution < -0.4 is 15.7 Å². The second-order valence-electron chi connectivity index (χ2n) is 12.1. The molecule has 5 aromatic rings. The smallest absolute Gasteiger partial charge is 0.208 e. The first kappa shape index (κ1) is 29.8. The number of fused-ring (bicyclic) bond motifs is 4. The number of aromatic hydroxyl groups is 9. The van der Waals surface area contributed by atoms with E-state index < -0.39 is 63.3 Å². The van der Waals surface area contributed by atoms with E-state index in [1.54, 1.807) is 29.3 Å². The summed E-state index contributed by atoms with van der Waals surface area (Å²) in [7, 11) is 5.74. The van der Waals surface area contributed by atoms with Gasteiger partial charge < -0.3 is 56.2 Å². The zero-order valence-electron chi connectivity index (χ0n) is 25.5. The summed E-state index contributed by atoms with van der Waals surface area (Å²) in [5.41, 5.74) is 3.33. The van der Waals surface area contributed by atoms with E-state index in [0.29, 0.717) is 35.0 Å². The van der Waals surface area contributed by atoms with Crippen molar-refractivity contribution in [1.29, 1.82) is 0 Å². The summed E-state index contributed by atoms with van der Waals surface area (Å²) >= 11 is 0. The van der Waals surface area contributed by atoms with Crippen LogP contribution in [0.15, 0.2) is 89.8 Å². The molecule has 0 fully saturated rings. The van der Waals surface area contributed by atoms with E-state index in [2.05, 4.69) is 5.32 Å². The maximum absolute atomic E-state index is 11.1. The first-order valence-electron chi connectivity index (χ1n) is 15.3. The number of dihydropyridines is 1. The molecule has 1 unspecified atom stereocenters. The van der Waals surface area contributed by atoms with Crippen LogP contribution >= 0.6 is 0 Å². The van der Waals surface area contributed by atoms with E-state index in [-0.39, 0.29) is 11.3 Å². The Labute approximate surface area is 279 Å². The number of hydrogen-bond donors (Lipinski definition) is 10. The molecule has 8 rings (SSSR count). The lowest BCUT2D eigenvalue weighted by molar-refractivity contribution is 0.328. The van der Waals surface area contributed by atoms with Gasteiger partial charge >= 0.3 is 0 Å². The van der Waals surface area contributed by atoms with Gasteiger partial charge in [-0.15, -0.1) is 0 Å². The molecule has 0 bridgehead atoms. The Balaban J connectivity index is 1.37. The van der Waals surface area contributed by atoms with E-state index >= 15 is 0 Å². The van der Waals surface area contributed by atoms with Crippen LogP contribution in [0.3, 0.4) is 0 Å². The molecule has 1 atom stereocenters. The standard InChI is InChI=1S/C37H27BN2O9/c38-27-31(43)29(41)26(30(42)32(27)44)25-18-7-3-1-5-16(18)24(17-6-2-4-8-19(17)25)15-9-10-22-20(13-15)21-14-39-12-11-23(21)40(22)28-33(45)35(47)37(49)36(48)34(28)46/h1-9,11-13,22,39,41-49H,10,14H2. The van der Waals surface area contributed by atoms with Crippen LogP contribution in [0.1, 0.15) is 12.0 Å². The maximum atomic E-state index is 11.1. The van der Waals surface area contributed by atoms with Crippen molar-refractivity contribution in [2.24, 2.45) is 0 Å². The molecule has 0 aromatic heterocycles. The van der Waals surface area contributed by atoms with E-state index in [0.717, 1.165) is 33.1 Å². The molecule has 1 aliphatic carbocycles. The van der Waals surface area contributed by atoms with Gasteiger partial charge in [-0.3, -0.25) is 0 Å². The molecular formula is C37H27BN2O9. The predicted molar refractivity (Wildman–Crippen MR) is 185 cm³/mol. The fraction of sp³-hybridized carbons (Fsp3) is 0.0811. The lowest BCUT2D eigenvalue weighted by Gasteiger charge is -2.32. The number of rotatable bonds is 3. The average molecular weight is 654 g/mol. The minimum absolute atomic E-state index is 0.180. The number of phenolic OH excluding ortho intramolecular Hbond substituents is 9. The Bertz CT molecular complexity index is 2330. The van der Waals surface area contributed by atoms with Crippen LogP contribution in [0.25, 0.3) is 38.2 Å². The van der Waals surface area contributed by atoms with Crippen molar-refractivity contribution in [3.63, 3.8) is 0 Å². The van der Waals surface area contributed by atoms with Crippen LogP contribution in [0.2, 0.25) is 0 Å². The van der Waals surface area contributed by atoms with Crippen molar-refractivity contribution in [2.75, 3.05) is 11.4 Å². The van der Waals surface area contributed by atoms with Crippen molar-refractivity contribution < 1.29 is 46.0 Å². The summed E-state index contributed by atoms with van der Waals surface area (Å²) in [5, 5.41) is 102. The third kappa shape index (κ3) is 3.97. The van der Waals surface area contributed by atoms with Crippen LogP contribution in [-0.2, 0) is 0 Å². The molecule has 0 spiro atoms. The highest BCUT2D eigenvalue weighted by atomic mass is 16.4. The molecule has 0 saturated carbocycles. The van der Waals surface area contributed by atoms with Gasteiger partial charge in [0, 0.05) is 23.4 Å². The molecule has 12 heteroatoms. The van der Waals surface area contributed by atoms with E-state index in [9.17, 15) is 46.0 Å². The number of anilines is 1. The monoisotopic (exact) mass is 654 g/mol. The summed E-state index contributed by atoms with van der Waals surface area (Å²) in [4.78, 5) is 1.63. The van der Waals surface area contributed by atoms with Crippen molar-refractivity contribution in [3.8, 4) is 62.9 Å². The average Bonchev–Trinajstić information content (AvgIpc) is 3.44. The lowest BCUT2D eigenvalue weighted by Crippen LogP contribution is -2.31. The molecule has 49 heavy (non-hydrogen) atoms. The van der Waals surface area contributed by atoms with Crippen LogP contribution in [0.4, 0.5) is 5.69 Å². The second-order valence-corrected chi connectivity index (χ2v) is 12.1. The van der Waals surface area contributed by atoms with Crippen molar-refractivity contribution in [3.05, 3.63) is 95.4 Å². The SMILES string of the molecule is [B]c1c(O)c(O)c(-c2c3ccccc3c(C3=CCC4C(=C3)C3=C(C=CNC3)N4c3c(O)c(O)c(O)c(O)c3O)c3ccccc23)c(O)c1O. The van der Waals surface area contributed by atoms with Gasteiger partial charge in [0.05, 0.1) is 11.6 Å². The summed E-state index contributed by atoms with van der Waals surface area (Å²) < 4.78 is 0. The third-order valence-electron chi connectivity index (χ3n) is 9.59. The van der Waals surface area contributed by atoms with Gasteiger partial charge in [0.2, 0.25) is 17.2 Å². The maximum Gasteiger partial charge on any atom is 0.208 e. The number of benzene rings is 5. The molecule has 0 saturated heterocycles. The van der Waals surface area contributed by atoms with Crippen LogP contribution in [-0.4, -0.2) is 66.4 Å². The molecule has 3 aliphatic rings. The largest absolute Gasteiger partial charge is 0.505 e. The number of nitrogens with one attached hydrogen (secondary N) is 1. The van der Waals surface area contributed by atoms with Crippen molar-refractivity contribution in [1.82, 2.24) is 5.32 Å². The van der Waals surface area contributed by atoms with Crippen molar-refractivity contribution >= 4 is 46.1 Å². The zero-order chi connectivity index (χ0) is 34.5. The Hall–Kier alpha value is -6.56. The number of allylic oxidation sites excluding steroid dienone is 3. The Kier molecular flexibility index (Phi) is 6.38. The molecule has 2 radical (unpaired) electrons. The molecule has 242 valence electrons. The summed E-state index contributed by atoms with van der Waals surface area (Å²) in [6.45, 7) is 0.401. The third-order valence-corrected chi connectivity index (χ3v) is 9.59. The lowest BCUT2D eigenvalue weighted by atomic mass is 9.81. The zero-order valence-corrected chi connectivity index (χ0v) is 25.5. The van der Waals surface area contributed by atoms with Crippen LogP contribution in [0, 0.1) is 0 Å². The quantitative estimate of drug-likeness (QED) is 0.0557. The molecule has 10 N–H and O–H groups in total. The van der Waals surface area contributed by atoms with Crippen molar-refractivity contribution in [2.45, 2.75) is 12.5 Å². The van der Waals surface area contributed by atoms with E-state index in [1.807, 2.05) is 48.6 Å². The Morgan fingerprint density at radius 2 is 1.12 bits per heavy atom.